The number of rotatable bonds is 8. The molecule has 0 bridgehead atoms. The Morgan fingerprint density at radius 2 is 1.83 bits per heavy atom. The molecular formula is C22H27N3O4. The Morgan fingerprint density at radius 1 is 1.10 bits per heavy atom. The topological polar surface area (TPSA) is 79.9 Å². The van der Waals surface area contributed by atoms with Crippen molar-refractivity contribution in [3.8, 4) is 11.5 Å². The van der Waals surface area contributed by atoms with Crippen LogP contribution in [0.2, 0.25) is 0 Å². The molecule has 0 radical (unpaired) electrons. The van der Waals surface area contributed by atoms with Crippen LogP contribution in [0, 0.1) is 0 Å². The summed E-state index contributed by atoms with van der Waals surface area (Å²) in [5.74, 6) is 1.32. The van der Waals surface area contributed by atoms with Crippen LogP contribution in [0.25, 0.3) is 0 Å². The second-order valence-corrected chi connectivity index (χ2v) is 6.97. The van der Waals surface area contributed by atoms with Gasteiger partial charge in [0.05, 0.1) is 14.2 Å². The average Bonchev–Trinajstić information content (AvgIpc) is 3.18. The predicted octanol–water partition coefficient (Wildman–Crippen LogP) is 2.95. The molecule has 0 aromatic heterocycles. The van der Waals surface area contributed by atoms with Crippen LogP contribution in [0.15, 0.2) is 42.5 Å². The molecule has 1 aliphatic rings. The molecule has 1 aliphatic heterocycles. The van der Waals surface area contributed by atoms with E-state index in [-0.39, 0.29) is 11.8 Å². The number of ether oxygens (including phenoxy) is 2. The minimum atomic E-state index is -0.408. The summed E-state index contributed by atoms with van der Waals surface area (Å²) in [6, 6.07) is 12.7. The van der Waals surface area contributed by atoms with Crippen LogP contribution >= 0.6 is 0 Å². The van der Waals surface area contributed by atoms with Gasteiger partial charge in [-0.15, -0.1) is 0 Å². The second-order valence-electron chi connectivity index (χ2n) is 6.97. The van der Waals surface area contributed by atoms with Gasteiger partial charge in [0, 0.05) is 30.9 Å². The van der Waals surface area contributed by atoms with Crippen LogP contribution in [-0.4, -0.2) is 38.6 Å². The summed E-state index contributed by atoms with van der Waals surface area (Å²) in [6.07, 6.45) is 1.51. The van der Waals surface area contributed by atoms with E-state index in [2.05, 4.69) is 10.6 Å². The van der Waals surface area contributed by atoms with Gasteiger partial charge in [-0.25, -0.2) is 0 Å². The average molecular weight is 397 g/mol. The number of hydrogen-bond donors (Lipinski definition) is 2. The van der Waals surface area contributed by atoms with Crippen molar-refractivity contribution in [2.24, 2.45) is 0 Å². The lowest BCUT2D eigenvalue weighted by Gasteiger charge is -2.18. The number of nitrogens with one attached hydrogen (secondary N) is 2. The summed E-state index contributed by atoms with van der Waals surface area (Å²) in [7, 11) is 3.17. The Morgan fingerprint density at radius 3 is 2.45 bits per heavy atom. The Kier molecular flexibility index (Phi) is 6.59. The monoisotopic (exact) mass is 397 g/mol. The second kappa shape index (κ2) is 9.32. The van der Waals surface area contributed by atoms with Crippen molar-refractivity contribution in [3.05, 3.63) is 48.0 Å². The Labute approximate surface area is 171 Å². The van der Waals surface area contributed by atoms with E-state index in [4.69, 9.17) is 9.47 Å². The summed E-state index contributed by atoms with van der Waals surface area (Å²) in [4.78, 5) is 26.1. The first-order valence-corrected chi connectivity index (χ1v) is 9.67. The zero-order valence-corrected chi connectivity index (χ0v) is 17.0. The minimum Gasteiger partial charge on any atom is -0.493 e. The maximum atomic E-state index is 12.4. The van der Waals surface area contributed by atoms with Crippen molar-refractivity contribution in [1.82, 2.24) is 5.32 Å². The highest BCUT2D eigenvalue weighted by atomic mass is 16.5. The lowest BCUT2D eigenvalue weighted by atomic mass is 10.2. The van der Waals surface area contributed by atoms with Gasteiger partial charge in [0.1, 0.15) is 6.04 Å². The molecule has 1 heterocycles. The SMILES string of the molecule is COc1ccc(CNC(=O)[C@@H](C)Nc2ccc(N3CCCC3=O)cc2)cc1OC. The fourth-order valence-electron chi connectivity index (χ4n) is 3.31. The van der Waals surface area contributed by atoms with Gasteiger partial charge in [0.25, 0.3) is 0 Å². The van der Waals surface area contributed by atoms with E-state index in [0.29, 0.717) is 24.5 Å². The first kappa shape index (κ1) is 20.5. The number of amides is 2. The van der Waals surface area contributed by atoms with Crippen molar-refractivity contribution in [2.45, 2.75) is 32.4 Å². The highest BCUT2D eigenvalue weighted by Gasteiger charge is 2.21. The van der Waals surface area contributed by atoms with E-state index in [9.17, 15) is 9.59 Å². The van der Waals surface area contributed by atoms with Gasteiger partial charge >= 0.3 is 0 Å². The maximum Gasteiger partial charge on any atom is 0.242 e. The first-order chi connectivity index (χ1) is 14.0. The van der Waals surface area contributed by atoms with Crippen LogP contribution in [-0.2, 0) is 16.1 Å². The first-order valence-electron chi connectivity index (χ1n) is 9.67. The quantitative estimate of drug-likeness (QED) is 0.716. The van der Waals surface area contributed by atoms with Crippen LogP contribution in [0.4, 0.5) is 11.4 Å². The third-order valence-corrected chi connectivity index (χ3v) is 4.94. The minimum absolute atomic E-state index is 0.112. The van der Waals surface area contributed by atoms with Gasteiger partial charge in [-0.3, -0.25) is 9.59 Å². The number of hydrogen-bond acceptors (Lipinski definition) is 5. The van der Waals surface area contributed by atoms with Crippen LogP contribution in [0.1, 0.15) is 25.3 Å². The fourth-order valence-corrected chi connectivity index (χ4v) is 3.31. The van der Waals surface area contributed by atoms with Crippen molar-refractivity contribution in [2.75, 3.05) is 31.0 Å². The van der Waals surface area contributed by atoms with E-state index in [1.807, 2.05) is 49.4 Å². The van der Waals surface area contributed by atoms with Crippen LogP contribution in [0.3, 0.4) is 0 Å². The van der Waals surface area contributed by atoms with Gasteiger partial charge < -0.3 is 25.0 Å². The van der Waals surface area contributed by atoms with E-state index in [1.54, 1.807) is 19.1 Å². The van der Waals surface area contributed by atoms with E-state index in [0.717, 1.165) is 29.9 Å². The van der Waals surface area contributed by atoms with Gasteiger partial charge in [-0.05, 0) is 55.3 Å². The smallest absolute Gasteiger partial charge is 0.242 e. The molecule has 2 aromatic rings. The molecule has 7 heteroatoms. The maximum absolute atomic E-state index is 12.4. The Balaban J connectivity index is 1.53. The van der Waals surface area contributed by atoms with Crippen LogP contribution in [0.5, 0.6) is 11.5 Å². The molecule has 2 amide bonds. The Bertz CT molecular complexity index is 867. The van der Waals surface area contributed by atoms with E-state index < -0.39 is 6.04 Å². The Hall–Kier alpha value is -3.22. The lowest BCUT2D eigenvalue weighted by molar-refractivity contribution is -0.121. The zero-order valence-electron chi connectivity index (χ0n) is 17.0. The molecule has 2 aromatic carbocycles. The van der Waals surface area contributed by atoms with Crippen molar-refractivity contribution < 1.29 is 19.1 Å². The number of anilines is 2. The summed E-state index contributed by atoms with van der Waals surface area (Å²) < 4.78 is 10.5. The summed E-state index contributed by atoms with van der Waals surface area (Å²) >= 11 is 0. The van der Waals surface area contributed by atoms with Crippen molar-refractivity contribution in [1.29, 1.82) is 0 Å². The summed E-state index contributed by atoms with van der Waals surface area (Å²) in [6.45, 7) is 2.96. The highest BCUT2D eigenvalue weighted by molar-refractivity contribution is 5.95. The summed E-state index contributed by atoms with van der Waals surface area (Å²) in [5, 5.41) is 6.11. The number of carbonyl (C=O) groups excluding carboxylic acids is 2. The normalized spacial score (nSPS) is 14.4. The van der Waals surface area contributed by atoms with Gasteiger partial charge in [-0.2, -0.15) is 0 Å². The molecule has 1 fully saturated rings. The zero-order chi connectivity index (χ0) is 20.8. The molecule has 2 N–H and O–H groups in total. The fraction of sp³-hybridized carbons (Fsp3) is 0.364. The summed E-state index contributed by atoms with van der Waals surface area (Å²) in [5.41, 5.74) is 2.64. The molecule has 0 saturated carbocycles. The van der Waals surface area contributed by atoms with Gasteiger partial charge in [0.2, 0.25) is 11.8 Å². The van der Waals surface area contributed by atoms with E-state index >= 15 is 0 Å². The number of nitrogens with zero attached hydrogens (tertiary/aromatic N) is 1. The number of methoxy groups -OCH3 is 2. The van der Waals surface area contributed by atoms with Crippen LogP contribution < -0.4 is 25.0 Å². The molecule has 3 rings (SSSR count). The highest BCUT2D eigenvalue weighted by Crippen LogP contribution is 2.27. The number of benzene rings is 2. The molecule has 0 spiro atoms. The molecular weight excluding hydrogens is 370 g/mol. The molecule has 0 unspecified atom stereocenters. The third kappa shape index (κ3) is 4.99. The molecule has 154 valence electrons. The molecule has 0 aliphatic carbocycles. The molecule has 7 nitrogen and oxygen atoms in total. The lowest BCUT2D eigenvalue weighted by Crippen LogP contribution is -2.37. The molecule has 1 atom stereocenters. The van der Waals surface area contributed by atoms with Gasteiger partial charge in [0.15, 0.2) is 11.5 Å². The van der Waals surface area contributed by atoms with E-state index in [1.165, 1.54) is 0 Å². The van der Waals surface area contributed by atoms with Crippen molar-refractivity contribution in [3.63, 3.8) is 0 Å². The van der Waals surface area contributed by atoms with Gasteiger partial charge in [-0.1, -0.05) is 6.07 Å². The largest absolute Gasteiger partial charge is 0.493 e. The molecule has 1 saturated heterocycles. The number of carbonyl (C=O) groups is 2. The third-order valence-electron chi connectivity index (χ3n) is 4.94. The van der Waals surface area contributed by atoms with Crippen molar-refractivity contribution >= 4 is 23.2 Å². The molecule has 29 heavy (non-hydrogen) atoms. The standard InChI is InChI=1S/C22H27N3O4/c1-15(22(27)23-14-16-6-11-19(28-2)20(13-16)29-3)24-17-7-9-18(10-8-17)25-12-4-5-21(25)26/h6-11,13,15,24H,4-5,12,14H2,1-3H3,(H,23,27)/t15-/m1/s1. The predicted molar refractivity (Wildman–Crippen MR) is 113 cm³/mol.